The van der Waals surface area contributed by atoms with Crippen LogP contribution < -0.4 is 9.47 Å². The molecule has 0 aliphatic heterocycles. The fraction of sp³-hybridized carbons (Fsp3) is 0.158. The standard InChI is InChI=1S/C19H16N4O3/c1-3-25-19-15(10-13-9-14(24-2)6-7-16(13)21-19)17-22-18(26-23-17)12-5-4-8-20-11-12/h4-11H,3H2,1-2H3. The monoisotopic (exact) mass is 348 g/mol. The number of nitrogens with zero attached hydrogens (tertiary/aromatic N) is 4. The first-order valence-corrected chi connectivity index (χ1v) is 8.14. The highest BCUT2D eigenvalue weighted by atomic mass is 16.5. The summed E-state index contributed by atoms with van der Waals surface area (Å²) in [6.45, 7) is 2.38. The molecule has 0 unspecified atom stereocenters. The van der Waals surface area contributed by atoms with Gasteiger partial charge in [0.15, 0.2) is 0 Å². The van der Waals surface area contributed by atoms with Crippen molar-refractivity contribution >= 4 is 10.9 Å². The average Bonchev–Trinajstić information content (AvgIpc) is 3.18. The fourth-order valence-corrected chi connectivity index (χ4v) is 2.61. The summed E-state index contributed by atoms with van der Waals surface area (Å²) in [6.07, 6.45) is 3.36. The van der Waals surface area contributed by atoms with Crippen molar-refractivity contribution in [3.63, 3.8) is 0 Å². The van der Waals surface area contributed by atoms with Crippen LogP contribution in [0.1, 0.15) is 6.92 Å². The van der Waals surface area contributed by atoms with Crippen molar-refractivity contribution in [2.45, 2.75) is 6.92 Å². The Morgan fingerprint density at radius 2 is 2.04 bits per heavy atom. The lowest BCUT2D eigenvalue weighted by Gasteiger charge is -2.09. The summed E-state index contributed by atoms with van der Waals surface area (Å²) in [5.74, 6) is 2.01. The third kappa shape index (κ3) is 2.95. The van der Waals surface area contributed by atoms with E-state index in [2.05, 4.69) is 20.1 Å². The first-order chi connectivity index (χ1) is 12.8. The Bertz CT molecular complexity index is 1050. The van der Waals surface area contributed by atoms with E-state index in [1.54, 1.807) is 19.5 Å². The van der Waals surface area contributed by atoms with Crippen LogP contribution in [0.2, 0.25) is 0 Å². The van der Waals surface area contributed by atoms with Gasteiger partial charge in [-0.05, 0) is 43.3 Å². The van der Waals surface area contributed by atoms with Crippen LogP contribution in [0.3, 0.4) is 0 Å². The molecule has 7 heteroatoms. The van der Waals surface area contributed by atoms with Gasteiger partial charge in [0, 0.05) is 17.8 Å². The van der Waals surface area contributed by atoms with Gasteiger partial charge in [-0.2, -0.15) is 4.98 Å². The Morgan fingerprint density at radius 1 is 1.12 bits per heavy atom. The molecule has 0 saturated heterocycles. The van der Waals surface area contributed by atoms with Crippen molar-refractivity contribution in [1.29, 1.82) is 0 Å². The number of hydrogen-bond acceptors (Lipinski definition) is 7. The molecule has 0 radical (unpaired) electrons. The molecule has 1 aromatic carbocycles. The summed E-state index contributed by atoms with van der Waals surface area (Å²) in [4.78, 5) is 13.1. The highest BCUT2D eigenvalue weighted by Crippen LogP contribution is 2.32. The summed E-state index contributed by atoms with van der Waals surface area (Å²) >= 11 is 0. The van der Waals surface area contributed by atoms with Gasteiger partial charge < -0.3 is 14.0 Å². The van der Waals surface area contributed by atoms with Gasteiger partial charge in [0.25, 0.3) is 5.89 Å². The molecular formula is C19H16N4O3. The van der Waals surface area contributed by atoms with Gasteiger partial charge in [-0.3, -0.25) is 4.98 Å². The number of ether oxygens (including phenoxy) is 2. The number of pyridine rings is 2. The van der Waals surface area contributed by atoms with Gasteiger partial charge in [-0.25, -0.2) is 4.98 Å². The maximum absolute atomic E-state index is 5.69. The summed E-state index contributed by atoms with van der Waals surface area (Å²) in [6, 6.07) is 11.3. The molecule has 7 nitrogen and oxygen atoms in total. The molecule has 26 heavy (non-hydrogen) atoms. The summed E-state index contributed by atoms with van der Waals surface area (Å²) < 4.78 is 16.4. The predicted octanol–water partition coefficient (Wildman–Crippen LogP) is 3.75. The second-order valence-electron chi connectivity index (χ2n) is 5.50. The summed E-state index contributed by atoms with van der Waals surface area (Å²) in [5, 5.41) is 4.99. The van der Waals surface area contributed by atoms with Crippen LogP contribution in [0.15, 0.2) is 53.3 Å². The van der Waals surface area contributed by atoms with Crippen molar-refractivity contribution in [1.82, 2.24) is 20.1 Å². The van der Waals surface area contributed by atoms with E-state index >= 15 is 0 Å². The van der Waals surface area contributed by atoms with E-state index in [9.17, 15) is 0 Å². The second-order valence-corrected chi connectivity index (χ2v) is 5.50. The third-order valence-corrected chi connectivity index (χ3v) is 3.84. The van der Waals surface area contributed by atoms with Crippen LogP contribution in [0, 0.1) is 0 Å². The first kappa shape index (κ1) is 16.0. The highest BCUT2D eigenvalue weighted by molar-refractivity contribution is 5.86. The van der Waals surface area contributed by atoms with Crippen LogP contribution in [-0.4, -0.2) is 33.8 Å². The van der Waals surface area contributed by atoms with E-state index in [1.165, 1.54) is 0 Å². The maximum Gasteiger partial charge on any atom is 0.259 e. The van der Waals surface area contributed by atoms with Crippen molar-refractivity contribution < 1.29 is 14.0 Å². The lowest BCUT2D eigenvalue weighted by atomic mass is 10.1. The van der Waals surface area contributed by atoms with E-state index in [4.69, 9.17) is 14.0 Å². The molecule has 0 aliphatic carbocycles. The van der Waals surface area contributed by atoms with Gasteiger partial charge >= 0.3 is 0 Å². The minimum Gasteiger partial charge on any atom is -0.497 e. The number of benzene rings is 1. The minimum absolute atomic E-state index is 0.390. The molecule has 0 aliphatic rings. The zero-order valence-corrected chi connectivity index (χ0v) is 14.3. The molecule has 0 fully saturated rings. The molecule has 3 aromatic heterocycles. The van der Waals surface area contributed by atoms with Crippen molar-refractivity contribution in [2.24, 2.45) is 0 Å². The molecule has 130 valence electrons. The fourth-order valence-electron chi connectivity index (χ4n) is 2.61. The smallest absolute Gasteiger partial charge is 0.259 e. The molecule has 0 atom stereocenters. The molecule has 0 N–H and O–H groups in total. The Morgan fingerprint density at radius 3 is 2.81 bits per heavy atom. The second kappa shape index (κ2) is 6.79. The predicted molar refractivity (Wildman–Crippen MR) is 96.0 cm³/mol. The Kier molecular flexibility index (Phi) is 4.18. The zero-order chi connectivity index (χ0) is 17.9. The van der Waals surface area contributed by atoms with Crippen molar-refractivity contribution in [2.75, 3.05) is 13.7 Å². The average molecular weight is 348 g/mol. The normalized spacial score (nSPS) is 10.8. The number of methoxy groups -OCH3 is 1. The molecule has 0 bridgehead atoms. The van der Waals surface area contributed by atoms with Crippen LogP contribution >= 0.6 is 0 Å². The third-order valence-electron chi connectivity index (χ3n) is 3.84. The Hall–Kier alpha value is -3.48. The van der Waals surface area contributed by atoms with Crippen LogP contribution in [0.5, 0.6) is 11.6 Å². The van der Waals surface area contributed by atoms with Gasteiger partial charge in [-0.15, -0.1) is 0 Å². The van der Waals surface area contributed by atoms with Crippen molar-refractivity contribution in [3.05, 3.63) is 48.8 Å². The van der Waals surface area contributed by atoms with Gasteiger partial charge in [0.2, 0.25) is 11.7 Å². The number of rotatable bonds is 5. The van der Waals surface area contributed by atoms with E-state index < -0.39 is 0 Å². The largest absolute Gasteiger partial charge is 0.497 e. The lowest BCUT2D eigenvalue weighted by molar-refractivity contribution is 0.329. The van der Waals surface area contributed by atoms with E-state index in [-0.39, 0.29) is 0 Å². The number of fused-ring (bicyclic) bond motifs is 1. The van der Waals surface area contributed by atoms with E-state index in [0.29, 0.717) is 29.8 Å². The Balaban J connectivity index is 1.83. The highest BCUT2D eigenvalue weighted by Gasteiger charge is 2.17. The van der Waals surface area contributed by atoms with E-state index in [1.807, 2.05) is 43.3 Å². The molecule has 0 amide bonds. The SMILES string of the molecule is CCOc1nc2ccc(OC)cc2cc1-c1noc(-c2cccnc2)n1. The minimum atomic E-state index is 0.390. The maximum atomic E-state index is 5.69. The summed E-state index contributed by atoms with van der Waals surface area (Å²) in [7, 11) is 1.63. The molecule has 0 saturated carbocycles. The van der Waals surface area contributed by atoms with Gasteiger partial charge in [0.05, 0.1) is 30.4 Å². The lowest BCUT2D eigenvalue weighted by Crippen LogP contribution is -1.98. The molecule has 3 heterocycles. The quantitative estimate of drug-likeness (QED) is 0.543. The molecule has 4 aromatic rings. The van der Waals surface area contributed by atoms with Crippen LogP contribution in [0.4, 0.5) is 0 Å². The van der Waals surface area contributed by atoms with Gasteiger partial charge in [-0.1, -0.05) is 5.16 Å². The van der Waals surface area contributed by atoms with E-state index in [0.717, 1.165) is 22.2 Å². The van der Waals surface area contributed by atoms with Crippen LogP contribution in [-0.2, 0) is 0 Å². The molecule has 0 spiro atoms. The summed E-state index contributed by atoms with van der Waals surface area (Å²) in [5.41, 5.74) is 2.21. The first-order valence-electron chi connectivity index (χ1n) is 8.14. The zero-order valence-electron chi connectivity index (χ0n) is 14.3. The van der Waals surface area contributed by atoms with Gasteiger partial charge in [0.1, 0.15) is 5.75 Å². The Labute approximate surface area is 149 Å². The number of hydrogen-bond donors (Lipinski definition) is 0. The van der Waals surface area contributed by atoms with Crippen LogP contribution in [0.25, 0.3) is 33.7 Å². The molecule has 4 rings (SSSR count). The molecular weight excluding hydrogens is 332 g/mol. The van der Waals surface area contributed by atoms with Crippen molar-refractivity contribution in [3.8, 4) is 34.5 Å². The topological polar surface area (TPSA) is 83.2 Å². The number of aromatic nitrogens is 4.